The van der Waals surface area contributed by atoms with Crippen molar-refractivity contribution in [2.45, 2.75) is 45.4 Å². The van der Waals surface area contributed by atoms with Crippen molar-refractivity contribution in [3.05, 3.63) is 10.6 Å². The minimum Gasteiger partial charge on any atom is -0.477 e. The predicted molar refractivity (Wildman–Crippen MR) is 73.7 cm³/mol. The second-order valence-electron chi connectivity index (χ2n) is 4.73. The van der Waals surface area contributed by atoms with Crippen LogP contribution in [0.15, 0.2) is 0 Å². The fraction of sp³-hybridized carbons (Fsp3) is 0.692. The highest BCUT2D eigenvalue weighted by Gasteiger charge is 2.20. The number of hydrogen-bond acceptors (Lipinski definition) is 4. The molecule has 1 aliphatic rings. The number of carboxylic acids is 1. The number of aromatic nitrogens is 1. The predicted octanol–water partition coefficient (Wildman–Crippen LogP) is 3.17. The van der Waals surface area contributed by atoms with Crippen molar-refractivity contribution in [3.63, 3.8) is 0 Å². The molecule has 1 aromatic heterocycles. The van der Waals surface area contributed by atoms with Crippen LogP contribution in [0.3, 0.4) is 0 Å². The van der Waals surface area contributed by atoms with Gasteiger partial charge in [-0.15, -0.1) is 0 Å². The van der Waals surface area contributed by atoms with Crippen molar-refractivity contribution in [2.24, 2.45) is 0 Å². The van der Waals surface area contributed by atoms with E-state index in [2.05, 4.69) is 16.8 Å². The summed E-state index contributed by atoms with van der Waals surface area (Å²) in [6.45, 7) is 4.08. The molecule has 0 unspecified atom stereocenters. The van der Waals surface area contributed by atoms with E-state index in [9.17, 15) is 9.90 Å². The lowest BCUT2D eigenvalue weighted by Gasteiger charge is -2.18. The van der Waals surface area contributed by atoms with E-state index in [1.807, 2.05) is 0 Å². The van der Waals surface area contributed by atoms with Gasteiger partial charge < -0.3 is 10.0 Å². The van der Waals surface area contributed by atoms with E-state index in [0.717, 1.165) is 36.8 Å². The van der Waals surface area contributed by atoms with Crippen molar-refractivity contribution < 1.29 is 9.90 Å². The molecule has 1 aromatic rings. The highest BCUT2D eigenvalue weighted by atomic mass is 32.1. The lowest BCUT2D eigenvalue weighted by atomic mass is 10.2. The highest BCUT2D eigenvalue weighted by molar-refractivity contribution is 7.17. The molecular formula is C13H20N2O2S. The molecule has 1 aliphatic heterocycles. The van der Waals surface area contributed by atoms with Crippen molar-refractivity contribution >= 4 is 22.4 Å². The molecule has 2 heterocycles. The summed E-state index contributed by atoms with van der Waals surface area (Å²) in [4.78, 5) is 18.4. The Morgan fingerprint density at radius 1 is 1.33 bits per heavy atom. The van der Waals surface area contributed by atoms with Gasteiger partial charge in [-0.05, 0) is 19.3 Å². The maximum atomic E-state index is 11.2. The highest BCUT2D eigenvalue weighted by Crippen LogP contribution is 2.29. The Bertz CT molecular complexity index is 409. The summed E-state index contributed by atoms with van der Waals surface area (Å²) in [5.41, 5.74) is 0.759. The van der Waals surface area contributed by atoms with Gasteiger partial charge in [0.1, 0.15) is 4.88 Å². The average molecular weight is 268 g/mol. The maximum Gasteiger partial charge on any atom is 0.347 e. The van der Waals surface area contributed by atoms with E-state index in [0.29, 0.717) is 4.88 Å². The minimum absolute atomic E-state index is 0.427. The molecule has 1 fully saturated rings. The van der Waals surface area contributed by atoms with Gasteiger partial charge in [-0.1, -0.05) is 37.5 Å². The monoisotopic (exact) mass is 268 g/mol. The summed E-state index contributed by atoms with van der Waals surface area (Å²) >= 11 is 1.34. The third kappa shape index (κ3) is 3.02. The second kappa shape index (κ2) is 6.18. The van der Waals surface area contributed by atoms with Crippen molar-refractivity contribution in [1.29, 1.82) is 0 Å². The zero-order chi connectivity index (χ0) is 13.0. The number of aryl methyl sites for hydroxylation is 1. The first-order chi connectivity index (χ1) is 8.72. The zero-order valence-electron chi connectivity index (χ0n) is 10.8. The van der Waals surface area contributed by atoms with Gasteiger partial charge in [0, 0.05) is 13.1 Å². The standard InChI is InChI=1S/C13H20N2O2S/c1-2-7-10-11(12(16)17)18-13(14-10)15-8-5-3-4-6-9-15/h2-9H2,1H3,(H,16,17). The van der Waals surface area contributed by atoms with Gasteiger partial charge in [0.25, 0.3) is 0 Å². The van der Waals surface area contributed by atoms with E-state index in [4.69, 9.17) is 0 Å². The molecule has 0 saturated carbocycles. The van der Waals surface area contributed by atoms with Crippen LogP contribution in [-0.2, 0) is 6.42 Å². The zero-order valence-corrected chi connectivity index (χ0v) is 11.6. The van der Waals surface area contributed by atoms with Gasteiger partial charge >= 0.3 is 5.97 Å². The lowest BCUT2D eigenvalue weighted by molar-refractivity contribution is 0.0700. The largest absolute Gasteiger partial charge is 0.477 e. The second-order valence-corrected chi connectivity index (χ2v) is 5.71. The van der Waals surface area contributed by atoms with E-state index in [1.54, 1.807) is 0 Å². The normalized spacial score (nSPS) is 16.6. The molecule has 2 rings (SSSR count). The van der Waals surface area contributed by atoms with Crippen LogP contribution in [0.1, 0.15) is 54.4 Å². The van der Waals surface area contributed by atoms with Gasteiger partial charge in [0.05, 0.1) is 5.69 Å². The van der Waals surface area contributed by atoms with E-state index >= 15 is 0 Å². The van der Waals surface area contributed by atoms with Gasteiger partial charge in [0.15, 0.2) is 5.13 Å². The molecule has 1 N–H and O–H groups in total. The number of carbonyl (C=O) groups is 1. The molecule has 18 heavy (non-hydrogen) atoms. The molecule has 100 valence electrons. The minimum atomic E-state index is -0.836. The molecule has 0 aromatic carbocycles. The van der Waals surface area contributed by atoms with Crippen LogP contribution in [0.25, 0.3) is 0 Å². The first kappa shape index (κ1) is 13.3. The molecule has 0 radical (unpaired) electrons. The van der Waals surface area contributed by atoms with Crippen molar-refractivity contribution in [3.8, 4) is 0 Å². The SMILES string of the molecule is CCCc1nc(N2CCCCCC2)sc1C(=O)O. The van der Waals surface area contributed by atoms with Crippen LogP contribution < -0.4 is 4.90 Å². The number of rotatable bonds is 4. The van der Waals surface area contributed by atoms with Crippen molar-refractivity contribution in [2.75, 3.05) is 18.0 Å². The number of hydrogen-bond donors (Lipinski definition) is 1. The van der Waals surface area contributed by atoms with Gasteiger partial charge in [0.2, 0.25) is 0 Å². The van der Waals surface area contributed by atoms with Crippen LogP contribution in [-0.4, -0.2) is 29.1 Å². The van der Waals surface area contributed by atoms with Crippen LogP contribution in [0, 0.1) is 0 Å². The summed E-state index contributed by atoms with van der Waals surface area (Å²) in [5.74, 6) is -0.836. The van der Waals surface area contributed by atoms with E-state index in [1.165, 1.54) is 37.0 Å². The number of aromatic carboxylic acids is 1. The topological polar surface area (TPSA) is 53.4 Å². The number of anilines is 1. The van der Waals surface area contributed by atoms with Crippen LogP contribution in [0.5, 0.6) is 0 Å². The maximum absolute atomic E-state index is 11.2. The Kier molecular flexibility index (Phi) is 4.58. The molecular weight excluding hydrogens is 248 g/mol. The van der Waals surface area contributed by atoms with Gasteiger partial charge in [-0.2, -0.15) is 0 Å². The number of carboxylic acid groups (broad SMARTS) is 1. The molecule has 0 aliphatic carbocycles. The van der Waals surface area contributed by atoms with E-state index < -0.39 is 5.97 Å². The Hall–Kier alpha value is -1.10. The average Bonchev–Trinajstić information content (AvgIpc) is 2.59. The first-order valence-corrected chi connectivity index (χ1v) is 7.52. The van der Waals surface area contributed by atoms with E-state index in [-0.39, 0.29) is 0 Å². The summed E-state index contributed by atoms with van der Waals surface area (Å²) in [6, 6.07) is 0. The summed E-state index contributed by atoms with van der Waals surface area (Å²) in [7, 11) is 0. The first-order valence-electron chi connectivity index (χ1n) is 6.70. The smallest absolute Gasteiger partial charge is 0.347 e. The molecule has 0 atom stereocenters. The molecule has 0 amide bonds. The van der Waals surface area contributed by atoms with Crippen molar-refractivity contribution in [1.82, 2.24) is 4.98 Å². The molecule has 0 spiro atoms. The Balaban J connectivity index is 2.21. The molecule has 1 saturated heterocycles. The lowest BCUT2D eigenvalue weighted by Crippen LogP contribution is -2.23. The number of thiazole rings is 1. The Morgan fingerprint density at radius 2 is 2.00 bits per heavy atom. The fourth-order valence-electron chi connectivity index (χ4n) is 2.31. The third-order valence-electron chi connectivity index (χ3n) is 3.24. The van der Waals surface area contributed by atoms with Crippen LogP contribution in [0.2, 0.25) is 0 Å². The molecule has 5 heteroatoms. The van der Waals surface area contributed by atoms with Crippen LogP contribution in [0.4, 0.5) is 5.13 Å². The molecule has 0 bridgehead atoms. The van der Waals surface area contributed by atoms with Gasteiger partial charge in [-0.3, -0.25) is 0 Å². The summed E-state index contributed by atoms with van der Waals surface area (Å²) in [5, 5.41) is 10.1. The quantitative estimate of drug-likeness (QED) is 0.911. The Labute approximate surface area is 112 Å². The fourth-order valence-corrected chi connectivity index (χ4v) is 3.31. The summed E-state index contributed by atoms with van der Waals surface area (Å²) < 4.78 is 0. The van der Waals surface area contributed by atoms with Gasteiger partial charge in [-0.25, -0.2) is 9.78 Å². The number of nitrogens with zero attached hydrogens (tertiary/aromatic N) is 2. The molecule has 4 nitrogen and oxygen atoms in total. The van der Waals surface area contributed by atoms with Crippen LogP contribution >= 0.6 is 11.3 Å². The summed E-state index contributed by atoms with van der Waals surface area (Å²) in [6.07, 6.45) is 6.61. The Morgan fingerprint density at radius 3 is 2.56 bits per heavy atom. The third-order valence-corrected chi connectivity index (χ3v) is 4.39.